The fourth-order valence-corrected chi connectivity index (χ4v) is 4.39. The summed E-state index contributed by atoms with van der Waals surface area (Å²) in [5.74, 6) is 0.614. The summed E-state index contributed by atoms with van der Waals surface area (Å²) in [4.78, 5) is 15.4. The van der Waals surface area contributed by atoms with E-state index in [1.54, 1.807) is 6.07 Å². The van der Waals surface area contributed by atoms with E-state index in [2.05, 4.69) is 41.4 Å². The van der Waals surface area contributed by atoms with Crippen molar-refractivity contribution in [3.63, 3.8) is 0 Å². The van der Waals surface area contributed by atoms with Gasteiger partial charge < -0.3 is 9.73 Å². The molecule has 4 aromatic rings. The molecule has 0 atom stereocenters. The Labute approximate surface area is 182 Å². The van der Waals surface area contributed by atoms with E-state index in [0.29, 0.717) is 16.7 Å². The van der Waals surface area contributed by atoms with Gasteiger partial charge in [-0.1, -0.05) is 54.6 Å². The molecule has 0 unspecified atom stereocenters. The van der Waals surface area contributed by atoms with Gasteiger partial charge in [0.2, 0.25) is 0 Å². The van der Waals surface area contributed by atoms with Crippen molar-refractivity contribution in [2.45, 2.75) is 13.5 Å². The molecule has 4 heteroatoms. The maximum atomic E-state index is 13.0. The third kappa shape index (κ3) is 4.05. The number of nitrogens with one attached hydrogen (secondary N) is 1. The summed E-state index contributed by atoms with van der Waals surface area (Å²) >= 11 is 0. The van der Waals surface area contributed by atoms with Crippen LogP contribution in [0.1, 0.15) is 11.1 Å². The van der Waals surface area contributed by atoms with Gasteiger partial charge in [-0.2, -0.15) is 0 Å². The van der Waals surface area contributed by atoms with Crippen LogP contribution < -0.4 is 10.7 Å². The van der Waals surface area contributed by atoms with Crippen LogP contribution in [0.15, 0.2) is 82.0 Å². The van der Waals surface area contributed by atoms with Gasteiger partial charge in [0.25, 0.3) is 0 Å². The average Bonchev–Trinajstić information content (AvgIpc) is 2.81. The van der Waals surface area contributed by atoms with E-state index in [-0.39, 0.29) is 5.43 Å². The van der Waals surface area contributed by atoms with E-state index >= 15 is 0 Å². The first-order chi connectivity index (χ1) is 15.2. The third-order valence-corrected chi connectivity index (χ3v) is 6.09. The zero-order valence-electron chi connectivity index (χ0n) is 17.7. The molecule has 1 aliphatic rings. The van der Waals surface area contributed by atoms with Crippen molar-refractivity contribution in [1.82, 2.24) is 10.2 Å². The maximum absolute atomic E-state index is 13.0. The Morgan fingerprint density at radius 2 is 1.68 bits per heavy atom. The first-order valence-electron chi connectivity index (χ1n) is 10.8. The molecule has 1 saturated heterocycles. The predicted molar refractivity (Wildman–Crippen MR) is 126 cm³/mol. The number of nitrogens with zero attached hydrogens (tertiary/aromatic N) is 1. The summed E-state index contributed by atoms with van der Waals surface area (Å²) in [7, 11) is 0. The van der Waals surface area contributed by atoms with Gasteiger partial charge in [0, 0.05) is 44.4 Å². The molecular weight excluding hydrogens is 384 g/mol. The minimum atomic E-state index is 0.00271. The van der Waals surface area contributed by atoms with Crippen LogP contribution in [0.5, 0.6) is 0 Å². The predicted octanol–water partition coefficient (Wildman–Crippen LogP) is 4.84. The Bertz CT molecular complexity index is 1270. The van der Waals surface area contributed by atoms with Crippen LogP contribution in [-0.4, -0.2) is 31.1 Å². The molecule has 2 heterocycles. The molecule has 1 aliphatic heterocycles. The van der Waals surface area contributed by atoms with Gasteiger partial charge >= 0.3 is 0 Å². The molecule has 1 N–H and O–H groups in total. The van der Waals surface area contributed by atoms with Crippen molar-refractivity contribution >= 4 is 11.0 Å². The van der Waals surface area contributed by atoms with Gasteiger partial charge in [-0.3, -0.25) is 9.69 Å². The number of hydrogen-bond donors (Lipinski definition) is 1. The summed E-state index contributed by atoms with van der Waals surface area (Å²) in [6, 6.07) is 24.1. The largest absolute Gasteiger partial charge is 0.456 e. The van der Waals surface area contributed by atoms with E-state index in [9.17, 15) is 4.79 Å². The Balaban J connectivity index is 1.52. The highest BCUT2D eigenvalue weighted by molar-refractivity contribution is 5.81. The van der Waals surface area contributed by atoms with Gasteiger partial charge in [-0.05, 0) is 41.3 Å². The highest BCUT2D eigenvalue weighted by atomic mass is 16.3. The number of fused-ring (bicyclic) bond motifs is 1. The van der Waals surface area contributed by atoms with Crippen molar-refractivity contribution < 1.29 is 4.42 Å². The Kier molecular flexibility index (Phi) is 5.41. The Morgan fingerprint density at radius 3 is 2.48 bits per heavy atom. The van der Waals surface area contributed by atoms with Gasteiger partial charge in [0.1, 0.15) is 11.3 Å². The molecule has 3 aromatic carbocycles. The molecule has 1 fully saturated rings. The van der Waals surface area contributed by atoms with Gasteiger partial charge in [0.05, 0.1) is 5.39 Å². The zero-order valence-corrected chi connectivity index (χ0v) is 17.7. The van der Waals surface area contributed by atoms with Gasteiger partial charge in [-0.25, -0.2) is 0 Å². The summed E-state index contributed by atoms with van der Waals surface area (Å²) < 4.78 is 6.22. The van der Waals surface area contributed by atoms with Crippen LogP contribution in [0, 0.1) is 6.92 Å². The molecule has 5 rings (SSSR count). The maximum Gasteiger partial charge on any atom is 0.193 e. The van der Waals surface area contributed by atoms with Crippen molar-refractivity contribution in [3.8, 4) is 22.5 Å². The summed E-state index contributed by atoms with van der Waals surface area (Å²) in [5.41, 5.74) is 6.14. The SMILES string of the molecule is Cc1c(-c2ccccc2)cccc1-c1cc(=O)c2cc(CN3CCNCC3)ccc2o1. The van der Waals surface area contributed by atoms with E-state index in [1.807, 2.05) is 42.5 Å². The van der Waals surface area contributed by atoms with Crippen molar-refractivity contribution in [2.24, 2.45) is 0 Å². The molecule has 0 aliphatic carbocycles. The molecule has 0 amide bonds. The molecule has 0 saturated carbocycles. The molecular formula is C27H26N2O2. The zero-order chi connectivity index (χ0) is 21.2. The van der Waals surface area contributed by atoms with Gasteiger partial charge in [-0.15, -0.1) is 0 Å². The van der Waals surface area contributed by atoms with Crippen LogP contribution in [0.25, 0.3) is 33.4 Å². The summed E-state index contributed by atoms with van der Waals surface area (Å²) in [6.07, 6.45) is 0. The number of piperazine rings is 1. The van der Waals surface area contributed by atoms with Crippen molar-refractivity contribution in [1.29, 1.82) is 0 Å². The van der Waals surface area contributed by atoms with Crippen LogP contribution in [0.2, 0.25) is 0 Å². The molecule has 0 radical (unpaired) electrons. The normalized spacial score (nSPS) is 14.7. The second-order valence-electron chi connectivity index (χ2n) is 8.18. The molecule has 0 spiro atoms. The summed E-state index contributed by atoms with van der Waals surface area (Å²) in [5, 5.41) is 4.02. The molecule has 156 valence electrons. The quantitative estimate of drug-likeness (QED) is 0.523. The first-order valence-corrected chi connectivity index (χ1v) is 10.8. The molecule has 4 nitrogen and oxygen atoms in total. The number of hydrogen-bond acceptors (Lipinski definition) is 4. The lowest BCUT2D eigenvalue weighted by molar-refractivity contribution is 0.233. The first kappa shape index (κ1) is 19.7. The number of rotatable bonds is 4. The van der Waals surface area contributed by atoms with Crippen LogP contribution >= 0.6 is 0 Å². The fraction of sp³-hybridized carbons (Fsp3) is 0.222. The van der Waals surface area contributed by atoms with Crippen LogP contribution in [0.3, 0.4) is 0 Å². The number of benzene rings is 3. The van der Waals surface area contributed by atoms with Gasteiger partial charge in [0.15, 0.2) is 5.43 Å². The lowest BCUT2D eigenvalue weighted by Crippen LogP contribution is -2.42. The highest BCUT2D eigenvalue weighted by Crippen LogP contribution is 2.32. The van der Waals surface area contributed by atoms with Crippen LogP contribution in [-0.2, 0) is 6.54 Å². The van der Waals surface area contributed by atoms with Crippen molar-refractivity contribution in [3.05, 3.63) is 94.1 Å². The van der Waals surface area contributed by atoms with Crippen LogP contribution in [0.4, 0.5) is 0 Å². The highest BCUT2D eigenvalue weighted by Gasteiger charge is 2.14. The standard InChI is InChI=1S/C27H26N2O2/c1-19-22(21-6-3-2-4-7-21)8-5-9-23(19)27-17-25(30)24-16-20(10-11-26(24)31-27)18-29-14-12-28-13-15-29/h2-11,16-17,28H,12-15,18H2,1H3. The molecule has 31 heavy (non-hydrogen) atoms. The second kappa shape index (κ2) is 8.50. The van der Waals surface area contributed by atoms with Crippen molar-refractivity contribution in [2.75, 3.05) is 26.2 Å². The summed E-state index contributed by atoms with van der Waals surface area (Å²) in [6.45, 7) is 7.03. The Morgan fingerprint density at radius 1 is 0.903 bits per heavy atom. The topological polar surface area (TPSA) is 45.5 Å². The lowest BCUT2D eigenvalue weighted by atomic mass is 9.95. The Hall–Kier alpha value is -3.21. The van der Waals surface area contributed by atoms with E-state index in [4.69, 9.17) is 4.42 Å². The minimum Gasteiger partial charge on any atom is -0.456 e. The molecule has 1 aromatic heterocycles. The smallest absolute Gasteiger partial charge is 0.193 e. The molecule has 0 bridgehead atoms. The monoisotopic (exact) mass is 410 g/mol. The average molecular weight is 411 g/mol. The fourth-order valence-electron chi connectivity index (χ4n) is 4.39. The third-order valence-electron chi connectivity index (χ3n) is 6.09. The van der Waals surface area contributed by atoms with E-state index in [0.717, 1.165) is 60.5 Å². The second-order valence-corrected chi connectivity index (χ2v) is 8.18. The minimum absolute atomic E-state index is 0.00271. The lowest BCUT2D eigenvalue weighted by Gasteiger charge is -2.27. The van der Waals surface area contributed by atoms with E-state index in [1.165, 1.54) is 0 Å². The van der Waals surface area contributed by atoms with E-state index < -0.39 is 0 Å².